The highest BCUT2D eigenvalue weighted by molar-refractivity contribution is 6.13. The van der Waals surface area contributed by atoms with Crippen molar-refractivity contribution < 1.29 is 14.3 Å². The van der Waals surface area contributed by atoms with Gasteiger partial charge in [0.1, 0.15) is 5.75 Å². The number of hydrogen-bond acceptors (Lipinski definition) is 6. The SMILES string of the molecule is Cc1cc(Oc2ncccn2)ccc1NC(=O)c1cccc(C)c1NC(=O)c1ccncc1. The number of rotatable bonds is 6. The average molecular weight is 439 g/mol. The summed E-state index contributed by atoms with van der Waals surface area (Å²) in [5.41, 5.74) is 3.45. The van der Waals surface area contributed by atoms with Gasteiger partial charge in [-0.25, -0.2) is 9.97 Å². The molecule has 0 saturated heterocycles. The summed E-state index contributed by atoms with van der Waals surface area (Å²) >= 11 is 0. The fourth-order valence-electron chi connectivity index (χ4n) is 3.18. The Morgan fingerprint density at radius 1 is 0.788 bits per heavy atom. The normalized spacial score (nSPS) is 10.4. The van der Waals surface area contributed by atoms with E-state index in [1.807, 2.05) is 19.9 Å². The third kappa shape index (κ3) is 5.19. The zero-order valence-corrected chi connectivity index (χ0v) is 18.1. The number of ether oxygens (including phenoxy) is 1. The summed E-state index contributed by atoms with van der Waals surface area (Å²) in [5, 5.41) is 5.76. The van der Waals surface area contributed by atoms with E-state index in [4.69, 9.17) is 4.74 Å². The number of para-hydroxylation sites is 1. The van der Waals surface area contributed by atoms with Crippen molar-refractivity contribution >= 4 is 23.2 Å². The number of pyridine rings is 1. The van der Waals surface area contributed by atoms with Gasteiger partial charge in [0.25, 0.3) is 11.8 Å². The van der Waals surface area contributed by atoms with Crippen LogP contribution < -0.4 is 15.4 Å². The maximum Gasteiger partial charge on any atom is 0.321 e. The Morgan fingerprint density at radius 3 is 2.27 bits per heavy atom. The molecule has 4 rings (SSSR count). The topological polar surface area (TPSA) is 106 Å². The highest BCUT2D eigenvalue weighted by Crippen LogP contribution is 2.27. The molecule has 0 bridgehead atoms. The minimum atomic E-state index is -0.341. The molecule has 0 radical (unpaired) electrons. The molecule has 2 aromatic heterocycles. The smallest absolute Gasteiger partial charge is 0.321 e. The van der Waals surface area contributed by atoms with E-state index in [1.165, 1.54) is 0 Å². The monoisotopic (exact) mass is 439 g/mol. The van der Waals surface area contributed by atoms with Crippen molar-refractivity contribution in [2.75, 3.05) is 10.6 Å². The Balaban J connectivity index is 1.53. The first-order chi connectivity index (χ1) is 16.0. The second-order valence-corrected chi connectivity index (χ2v) is 7.25. The molecule has 0 saturated carbocycles. The molecule has 0 aliphatic rings. The first-order valence-corrected chi connectivity index (χ1v) is 10.2. The summed E-state index contributed by atoms with van der Waals surface area (Å²) < 4.78 is 5.64. The van der Waals surface area contributed by atoms with Crippen molar-refractivity contribution in [2.24, 2.45) is 0 Å². The molecule has 2 heterocycles. The second kappa shape index (κ2) is 9.69. The Morgan fingerprint density at radius 2 is 1.55 bits per heavy atom. The van der Waals surface area contributed by atoms with E-state index in [0.717, 1.165) is 11.1 Å². The van der Waals surface area contributed by atoms with Crippen LogP contribution in [0.2, 0.25) is 0 Å². The molecule has 4 aromatic rings. The quantitative estimate of drug-likeness (QED) is 0.448. The second-order valence-electron chi connectivity index (χ2n) is 7.25. The predicted octanol–water partition coefficient (Wildman–Crippen LogP) is 4.79. The lowest BCUT2D eigenvalue weighted by Crippen LogP contribution is -2.19. The van der Waals surface area contributed by atoms with Crippen molar-refractivity contribution in [1.29, 1.82) is 0 Å². The Labute approximate surface area is 190 Å². The number of nitrogens with zero attached hydrogens (tertiary/aromatic N) is 3. The molecule has 0 fully saturated rings. The summed E-state index contributed by atoms with van der Waals surface area (Å²) in [5.74, 6) is -0.106. The highest BCUT2D eigenvalue weighted by atomic mass is 16.5. The molecular weight excluding hydrogens is 418 g/mol. The number of amides is 2. The van der Waals surface area contributed by atoms with E-state index in [9.17, 15) is 9.59 Å². The summed E-state index contributed by atoms with van der Waals surface area (Å²) in [6.07, 6.45) is 6.27. The van der Waals surface area contributed by atoms with Gasteiger partial charge >= 0.3 is 6.01 Å². The van der Waals surface area contributed by atoms with Crippen molar-refractivity contribution in [3.8, 4) is 11.8 Å². The zero-order chi connectivity index (χ0) is 23.2. The van der Waals surface area contributed by atoms with Gasteiger partial charge in [-0.2, -0.15) is 0 Å². The van der Waals surface area contributed by atoms with Gasteiger partial charge in [-0.15, -0.1) is 0 Å². The molecule has 0 spiro atoms. The third-order valence-electron chi connectivity index (χ3n) is 4.90. The number of anilines is 2. The van der Waals surface area contributed by atoms with Crippen LogP contribution in [0.1, 0.15) is 31.8 Å². The molecule has 0 aliphatic heterocycles. The molecule has 0 atom stereocenters. The maximum atomic E-state index is 13.1. The van der Waals surface area contributed by atoms with Crippen molar-refractivity contribution in [2.45, 2.75) is 13.8 Å². The standard InChI is InChI=1S/C25H21N5O3/c1-16-5-3-6-20(22(16)30-23(31)18-9-13-26-14-10-18)24(32)29-21-8-7-19(15-17(21)2)33-25-27-11-4-12-28-25/h3-15H,1-2H3,(H,29,32)(H,30,31). The third-order valence-corrected chi connectivity index (χ3v) is 4.90. The molecule has 164 valence electrons. The average Bonchev–Trinajstić information content (AvgIpc) is 2.83. The predicted molar refractivity (Wildman–Crippen MR) is 125 cm³/mol. The molecular formula is C25H21N5O3. The van der Waals surface area contributed by atoms with E-state index in [2.05, 4.69) is 25.6 Å². The molecule has 2 amide bonds. The highest BCUT2D eigenvalue weighted by Gasteiger charge is 2.17. The van der Waals surface area contributed by atoms with Crippen molar-refractivity contribution in [3.63, 3.8) is 0 Å². The Bertz CT molecular complexity index is 1290. The van der Waals surface area contributed by atoms with E-state index in [-0.39, 0.29) is 17.8 Å². The van der Waals surface area contributed by atoms with Crippen LogP contribution in [0.4, 0.5) is 11.4 Å². The van der Waals surface area contributed by atoms with Crippen LogP contribution in [0, 0.1) is 13.8 Å². The molecule has 2 aromatic carbocycles. The molecule has 0 aliphatic carbocycles. The number of nitrogens with one attached hydrogen (secondary N) is 2. The fraction of sp³-hybridized carbons (Fsp3) is 0.0800. The summed E-state index contributed by atoms with van der Waals surface area (Å²) in [6.45, 7) is 3.69. The summed E-state index contributed by atoms with van der Waals surface area (Å²) in [6, 6.07) is 15.7. The number of benzene rings is 2. The maximum absolute atomic E-state index is 13.1. The van der Waals surface area contributed by atoms with Gasteiger partial charge in [0.15, 0.2) is 0 Å². The minimum Gasteiger partial charge on any atom is -0.424 e. The molecule has 33 heavy (non-hydrogen) atoms. The lowest BCUT2D eigenvalue weighted by molar-refractivity contribution is 0.102. The van der Waals surface area contributed by atoms with Gasteiger partial charge in [-0.1, -0.05) is 12.1 Å². The molecule has 8 nitrogen and oxygen atoms in total. The van der Waals surface area contributed by atoms with Crippen LogP contribution in [0.25, 0.3) is 0 Å². The first kappa shape index (κ1) is 21.6. The largest absolute Gasteiger partial charge is 0.424 e. The molecule has 2 N–H and O–H groups in total. The Hall–Kier alpha value is -4.59. The minimum absolute atomic E-state index is 0.239. The van der Waals surface area contributed by atoms with Crippen LogP contribution in [0.3, 0.4) is 0 Å². The van der Waals surface area contributed by atoms with E-state index < -0.39 is 0 Å². The van der Waals surface area contributed by atoms with E-state index in [1.54, 1.807) is 73.3 Å². The molecule has 8 heteroatoms. The molecule has 0 unspecified atom stereocenters. The summed E-state index contributed by atoms with van der Waals surface area (Å²) in [4.78, 5) is 37.8. The number of hydrogen-bond donors (Lipinski definition) is 2. The lowest BCUT2D eigenvalue weighted by atomic mass is 10.1. The fourth-order valence-corrected chi connectivity index (χ4v) is 3.18. The van der Waals surface area contributed by atoms with Gasteiger partial charge in [-0.3, -0.25) is 14.6 Å². The lowest BCUT2D eigenvalue weighted by Gasteiger charge is -2.15. The van der Waals surface area contributed by atoms with Gasteiger partial charge < -0.3 is 15.4 Å². The van der Waals surface area contributed by atoms with Gasteiger partial charge in [0.2, 0.25) is 0 Å². The van der Waals surface area contributed by atoms with Crippen LogP contribution in [-0.2, 0) is 0 Å². The van der Waals surface area contributed by atoms with Crippen molar-refractivity contribution in [1.82, 2.24) is 15.0 Å². The number of carbonyl (C=O) groups is 2. The number of aromatic nitrogens is 3. The van der Waals surface area contributed by atoms with E-state index in [0.29, 0.717) is 28.3 Å². The van der Waals surface area contributed by atoms with Gasteiger partial charge in [-0.05, 0) is 67.4 Å². The summed E-state index contributed by atoms with van der Waals surface area (Å²) in [7, 11) is 0. The van der Waals surface area contributed by atoms with Crippen LogP contribution in [-0.4, -0.2) is 26.8 Å². The van der Waals surface area contributed by atoms with Crippen LogP contribution in [0.15, 0.2) is 79.4 Å². The number of aryl methyl sites for hydroxylation is 2. The number of carbonyl (C=O) groups excluding carboxylic acids is 2. The van der Waals surface area contributed by atoms with Gasteiger partial charge in [0.05, 0.1) is 11.3 Å². The van der Waals surface area contributed by atoms with E-state index >= 15 is 0 Å². The Kier molecular flexibility index (Phi) is 6.36. The van der Waals surface area contributed by atoms with Gasteiger partial charge in [0, 0.05) is 36.0 Å². The van der Waals surface area contributed by atoms with Crippen molar-refractivity contribution in [3.05, 3.63) is 102 Å². The zero-order valence-electron chi connectivity index (χ0n) is 18.1. The first-order valence-electron chi connectivity index (χ1n) is 10.2. The van der Waals surface area contributed by atoms with Crippen LogP contribution in [0.5, 0.6) is 11.8 Å². The van der Waals surface area contributed by atoms with Crippen LogP contribution >= 0.6 is 0 Å².